The zero-order valence-corrected chi connectivity index (χ0v) is 55.9. The summed E-state index contributed by atoms with van der Waals surface area (Å²) in [5, 5.41) is 49.3. The lowest BCUT2D eigenvalue weighted by molar-refractivity contribution is -0.140. The van der Waals surface area contributed by atoms with Crippen LogP contribution in [0.5, 0.6) is 5.75 Å². The Kier molecular flexibility index (Phi) is 34.0. The Balaban J connectivity index is 1.05. The molecule has 27 nitrogen and oxygen atoms in total. The van der Waals surface area contributed by atoms with E-state index in [1.54, 1.807) is 63.9 Å². The number of hydrogen-bond acceptors (Lipinski definition) is 18. The van der Waals surface area contributed by atoms with Gasteiger partial charge in [-0.1, -0.05) is 42.8 Å². The number of nitrogens with one attached hydrogen (secondary N) is 4. The molecule has 0 unspecified atom stereocenters. The number of unbranched alkanes of at least 4 members (excludes halogenated alkanes) is 4. The van der Waals surface area contributed by atoms with Crippen molar-refractivity contribution in [1.29, 1.82) is 5.26 Å². The second kappa shape index (κ2) is 41.6. The van der Waals surface area contributed by atoms with Crippen LogP contribution in [0, 0.1) is 18.3 Å². The van der Waals surface area contributed by atoms with Crippen LogP contribution in [0.2, 0.25) is 0 Å². The molecule has 528 valence electrons. The van der Waals surface area contributed by atoms with Crippen molar-refractivity contribution in [2.24, 2.45) is 9.98 Å². The van der Waals surface area contributed by atoms with E-state index >= 15 is 0 Å². The highest BCUT2D eigenvalue weighted by molar-refractivity contribution is 6.20. The van der Waals surface area contributed by atoms with Crippen LogP contribution >= 0.6 is 0 Å². The van der Waals surface area contributed by atoms with E-state index in [0.717, 1.165) is 29.8 Å². The van der Waals surface area contributed by atoms with Gasteiger partial charge in [-0.05, 0) is 109 Å². The summed E-state index contributed by atoms with van der Waals surface area (Å²) in [6, 6.07) is 12.7. The first-order chi connectivity index (χ1) is 45.9. The number of aliphatic imine (C=N–C) groups is 2. The first kappa shape index (κ1) is 78.4. The molecule has 0 bridgehead atoms. The van der Waals surface area contributed by atoms with Gasteiger partial charge in [0.2, 0.25) is 29.5 Å². The zero-order chi connectivity index (χ0) is 70.0. The number of carbonyl (C=O) groups is 9. The van der Waals surface area contributed by atoms with Crippen LogP contribution in [0.1, 0.15) is 108 Å². The fraction of sp³-hybridized carbons (Fsp3) is 0.612. The zero-order valence-electron chi connectivity index (χ0n) is 55.9. The molecule has 0 radical (unpaired) electrons. The predicted molar refractivity (Wildman–Crippen MR) is 357 cm³/mol. The number of nitrogens with zero attached hydrogens (tertiary/aromatic N) is 10. The molecule has 2 aromatic rings. The Hall–Kier alpha value is -8.30. The number of carboxylic acid groups (broad SMARTS) is 3. The van der Waals surface area contributed by atoms with Crippen molar-refractivity contribution in [2.45, 2.75) is 122 Å². The van der Waals surface area contributed by atoms with Gasteiger partial charge in [-0.3, -0.25) is 77.6 Å². The van der Waals surface area contributed by atoms with Gasteiger partial charge < -0.3 is 51.1 Å². The lowest BCUT2D eigenvalue weighted by Crippen LogP contribution is -2.52. The number of carbonyl (C=O) groups excluding carboxylic acids is 6. The number of aryl methyl sites for hydroxylation is 2. The van der Waals surface area contributed by atoms with Crippen LogP contribution in [-0.4, -0.2) is 277 Å². The summed E-state index contributed by atoms with van der Waals surface area (Å²) in [7, 11) is 0. The number of piperazine rings is 1. The lowest BCUT2D eigenvalue weighted by atomic mass is 10.0. The fourth-order valence-electron chi connectivity index (χ4n) is 11.4. The monoisotopic (exact) mass is 1340 g/mol. The summed E-state index contributed by atoms with van der Waals surface area (Å²) >= 11 is 0. The molecule has 96 heavy (non-hydrogen) atoms. The maximum atomic E-state index is 13.9. The minimum atomic E-state index is -3.19. The molecule has 6 amide bonds. The van der Waals surface area contributed by atoms with Crippen LogP contribution in [0.15, 0.2) is 59.0 Å². The van der Waals surface area contributed by atoms with Crippen LogP contribution in [-0.2, 0) is 49.6 Å². The van der Waals surface area contributed by atoms with Crippen LogP contribution < -0.4 is 26.0 Å². The molecule has 0 aromatic heterocycles. The smallest absolute Gasteiger partial charge is 0.317 e. The van der Waals surface area contributed by atoms with Gasteiger partial charge >= 0.3 is 17.9 Å². The van der Waals surface area contributed by atoms with Gasteiger partial charge in [-0.15, -0.1) is 0 Å². The number of halogens is 2. The second-order valence-electron chi connectivity index (χ2n) is 24.6. The third kappa shape index (κ3) is 29.8. The van der Waals surface area contributed by atoms with Gasteiger partial charge in [0.1, 0.15) is 17.8 Å². The number of benzene rings is 2. The number of amidine groups is 1. The molecule has 0 saturated carbocycles. The summed E-state index contributed by atoms with van der Waals surface area (Å²) in [5.41, 5.74) is 3.10. The first-order valence-corrected chi connectivity index (χ1v) is 33.2. The van der Waals surface area contributed by atoms with Gasteiger partial charge in [0.15, 0.2) is 0 Å². The van der Waals surface area contributed by atoms with Crippen LogP contribution in [0.3, 0.4) is 0 Å². The molecule has 3 saturated heterocycles. The minimum absolute atomic E-state index is 0.0182. The molecule has 29 heteroatoms. The first-order valence-electron chi connectivity index (χ1n) is 33.2. The molecular weight excluding hydrogens is 1250 g/mol. The number of hydrogen-bond donors (Lipinski definition) is 7. The number of amides is 6. The topological polar surface area (TPSA) is 343 Å². The molecule has 3 aliphatic heterocycles. The summed E-state index contributed by atoms with van der Waals surface area (Å²) in [5.74, 6) is -7.92. The number of aliphatic carboxylic acids is 3. The molecule has 0 aliphatic carbocycles. The Morgan fingerprint density at radius 3 is 1.92 bits per heavy atom. The standard InChI is InChI=1S/C67H98F2N14O13/c1-5-71-56-23-22-54(40-55(56)50(3)65(94)74-43-61(87)83-48-67(68,69)41-53(83)42-70)96-39-12-11-26-77-35-37-82(38-36-77)60(86)17-7-6-9-25-73-66(95)57(15-8-10-24-72-51(4)75-58(84)16-13-14-52-20-18-49(2)19-21-52)76-59(85)44-78-27-29-79(45-62(88)89)31-33-81(47-64(92)93)34-32-80(30-28-78)46-63(90)91/h5,18-23,40,53,57H,3,6-17,24-39,41,43-48H2,1-2,4H3,(H,73,95)(H,74,94)(H,76,85)(H,88,89)(H,90,91)(H,92,93)(H,72,75,84)/t53-,57+/m1/s1. The van der Waals surface area contributed by atoms with Gasteiger partial charge in [-0.25, -0.2) is 8.78 Å². The highest BCUT2D eigenvalue weighted by Gasteiger charge is 2.47. The normalized spacial score (nSPS) is 17.5. The van der Waals surface area contributed by atoms with E-state index in [0.29, 0.717) is 126 Å². The maximum absolute atomic E-state index is 13.9. The number of rotatable bonds is 36. The van der Waals surface area contributed by atoms with Crippen molar-refractivity contribution >= 4 is 76.7 Å². The van der Waals surface area contributed by atoms with E-state index in [2.05, 4.69) is 54.9 Å². The predicted octanol–water partition coefficient (Wildman–Crippen LogP) is 3.27. The fourth-order valence-corrected chi connectivity index (χ4v) is 11.4. The Morgan fingerprint density at radius 2 is 1.32 bits per heavy atom. The molecular formula is C67H98F2N14O13. The summed E-state index contributed by atoms with van der Waals surface area (Å²) in [4.78, 5) is 135. The number of alkyl halides is 2. The highest BCUT2D eigenvalue weighted by Crippen LogP contribution is 2.33. The quantitative estimate of drug-likeness (QED) is 0.0223. The molecule has 3 heterocycles. The van der Waals surface area contributed by atoms with Gasteiger partial charge in [0.25, 0.3) is 11.8 Å². The minimum Gasteiger partial charge on any atom is -0.494 e. The SMILES string of the molecule is C=C(C(=O)NCC(=O)N1CC(F)(F)C[C@@H]1C#N)c1cc(OCCCCN2CCN(C(=O)CCCCCNC(=O)[C@H](CCCCN=C(C)NC(=O)CCCc3ccc(C)cc3)NC(=O)CN3CCN(CC(=O)O)CCN(CC(=O)O)CCN(CC(=O)O)CC3)CC2)ccc1N=CC. The summed E-state index contributed by atoms with van der Waals surface area (Å²) in [6.07, 6.45) is 7.65. The van der Waals surface area contributed by atoms with Gasteiger partial charge in [0, 0.05) is 128 Å². The van der Waals surface area contributed by atoms with E-state index in [1.807, 2.05) is 24.0 Å². The van der Waals surface area contributed by atoms with Crippen LogP contribution in [0.4, 0.5) is 14.5 Å². The Labute approximate surface area is 561 Å². The average molecular weight is 1350 g/mol. The van der Waals surface area contributed by atoms with E-state index in [-0.39, 0.29) is 108 Å². The maximum Gasteiger partial charge on any atom is 0.317 e. The largest absolute Gasteiger partial charge is 0.494 e. The molecule has 0 spiro atoms. The van der Waals surface area contributed by atoms with Crippen molar-refractivity contribution < 1.29 is 72.0 Å². The van der Waals surface area contributed by atoms with Crippen molar-refractivity contribution in [2.75, 3.05) is 144 Å². The lowest BCUT2D eigenvalue weighted by Gasteiger charge is -2.34. The van der Waals surface area contributed by atoms with E-state index in [1.165, 1.54) is 5.56 Å². The van der Waals surface area contributed by atoms with E-state index < -0.39 is 73.1 Å². The van der Waals surface area contributed by atoms with E-state index in [9.17, 15) is 72.5 Å². The second-order valence-corrected chi connectivity index (χ2v) is 24.6. The van der Waals surface area contributed by atoms with Crippen molar-refractivity contribution in [3.63, 3.8) is 0 Å². The van der Waals surface area contributed by atoms with Crippen molar-refractivity contribution in [3.8, 4) is 11.8 Å². The molecule has 2 aromatic carbocycles. The number of nitriles is 1. The molecule has 3 fully saturated rings. The van der Waals surface area contributed by atoms with Crippen molar-refractivity contribution in [1.82, 2.24) is 55.6 Å². The summed E-state index contributed by atoms with van der Waals surface area (Å²) < 4.78 is 33.9. The molecule has 2 atom stereocenters. The molecule has 7 N–H and O–H groups in total. The number of likely N-dealkylation sites (tertiary alicyclic amines) is 1. The Bertz CT molecular complexity index is 3000. The number of carboxylic acids is 3. The van der Waals surface area contributed by atoms with Gasteiger partial charge in [0.05, 0.1) is 63.5 Å². The average Bonchev–Trinajstić information content (AvgIpc) is 1.73. The molecule has 5 rings (SSSR count). The third-order valence-electron chi connectivity index (χ3n) is 16.8. The van der Waals surface area contributed by atoms with Crippen molar-refractivity contribution in [3.05, 3.63) is 65.7 Å². The van der Waals surface area contributed by atoms with Gasteiger partial charge in [-0.2, -0.15) is 5.26 Å². The van der Waals surface area contributed by atoms with Crippen LogP contribution in [0.25, 0.3) is 5.57 Å². The number of ether oxygens (including phenoxy) is 1. The third-order valence-corrected chi connectivity index (χ3v) is 16.8. The molecule has 3 aliphatic rings. The Morgan fingerprint density at radius 1 is 0.719 bits per heavy atom. The summed E-state index contributed by atoms with van der Waals surface area (Å²) in [6.45, 7) is 12.9. The van der Waals surface area contributed by atoms with E-state index in [4.69, 9.17) is 4.74 Å². The highest BCUT2D eigenvalue weighted by atomic mass is 19.3.